The maximum Gasteiger partial charge on any atom is 0.123 e. The topological polar surface area (TPSA) is 40.7 Å². The second kappa shape index (κ2) is 7.44. The van der Waals surface area contributed by atoms with Gasteiger partial charge in [-0.2, -0.15) is 0 Å². The summed E-state index contributed by atoms with van der Waals surface area (Å²) in [7, 11) is 0. The number of nitrogens with zero attached hydrogens (tertiary/aromatic N) is 1. The van der Waals surface area contributed by atoms with E-state index in [9.17, 15) is 0 Å². The smallest absolute Gasteiger partial charge is 0.123 e. The highest BCUT2D eigenvalue weighted by atomic mass is 15.0. The molecule has 0 bridgehead atoms. The summed E-state index contributed by atoms with van der Waals surface area (Å²) in [5, 5.41) is 3.57. The van der Waals surface area contributed by atoms with Gasteiger partial charge in [0.2, 0.25) is 0 Å². The number of hydrogen-bond acceptors (Lipinski definition) is 2. The van der Waals surface area contributed by atoms with Crippen LogP contribution in [0.1, 0.15) is 58.3 Å². The summed E-state index contributed by atoms with van der Waals surface area (Å²) >= 11 is 0. The average Bonchev–Trinajstić information content (AvgIpc) is 2.77. The molecule has 0 radical (unpaired) electrons. The Labute approximate surface area is 99.1 Å². The van der Waals surface area contributed by atoms with Crippen LogP contribution in [-0.4, -0.2) is 16.5 Å². The van der Waals surface area contributed by atoms with Gasteiger partial charge < -0.3 is 10.3 Å². The van der Waals surface area contributed by atoms with Crippen molar-refractivity contribution in [2.75, 3.05) is 6.54 Å². The van der Waals surface area contributed by atoms with E-state index < -0.39 is 0 Å². The molecule has 92 valence electrons. The minimum Gasteiger partial charge on any atom is -0.347 e. The predicted octanol–water partition coefficient (Wildman–Crippen LogP) is 3.28. The fourth-order valence-electron chi connectivity index (χ4n) is 2.09. The SMILES string of the molecule is CCCNC(CC(C)CCC)c1ncc[nH]1. The molecular formula is C13H25N3. The molecule has 1 aromatic heterocycles. The highest BCUT2D eigenvalue weighted by Crippen LogP contribution is 2.21. The van der Waals surface area contributed by atoms with Crippen molar-refractivity contribution in [3.8, 4) is 0 Å². The summed E-state index contributed by atoms with van der Waals surface area (Å²) in [6, 6.07) is 0.386. The van der Waals surface area contributed by atoms with Crippen molar-refractivity contribution in [2.45, 2.75) is 52.5 Å². The molecule has 0 aliphatic carbocycles. The van der Waals surface area contributed by atoms with Gasteiger partial charge in [0.05, 0.1) is 6.04 Å². The maximum absolute atomic E-state index is 4.36. The Morgan fingerprint density at radius 2 is 2.19 bits per heavy atom. The van der Waals surface area contributed by atoms with E-state index in [4.69, 9.17) is 0 Å². The predicted molar refractivity (Wildman–Crippen MR) is 68.3 cm³/mol. The van der Waals surface area contributed by atoms with Gasteiger partial charge in [-0.25, -0.2) is 4.98 Å². The van der Waals surface area contributed by atoms with Crippen LogP contribution in [0.3, 0.4) is 0 Å². The van der Waals surface area contributed by atoms with Crippen LogP contribution in [0.2, 0.25) is 0 Å². The third-order valence-corrected chi connectivity index (χ3v) is 2.91. The Bertz CT molecular complexity index is 256. The third-order valence-electron chi connectivity index (χ3n) is 2.91. The molecule has 0 saturated carbocycles. The number of H-pyrrole nitrogens is 1. The third kappa shape index (κ3) is 4.35. The van der Waals surface area contributed by atoms with Crippen LogP contribution in [-0.2, 0) is 0 Å². The van der Waals surface area contributed by atoms with E-state index in [0.717, 1.165) is 18.3 Å². The second-order valence-electron chi connectivity index (χ2n) is 4.61. The lowest BCUT2D eigenvalue weighted by molar-refractivity contribution is 0.380. The van der Waals surface area contributed by atoms with Crippen molar-refractivity contribution in [1.82, 2.24) is 15.3 Å². The van der Waals surface area contributed by atoms with Crippen molar-refractivity contribution in [3.63, 3.8) is 0 Å². The molecule has 16 heavy (non-hydrogen) atoms. The van der Waals surface area contributed by atoms with Gasteiger partial charge in [0, 0.05) is 12.4 Å². The molecule has 0 spiro atoms. The van der Waals surface area contributed by atoms with E-state index in [1.165, 1.54) is 25.7 Å². The van der Waals surface area contributed by atoms with Crippen LogP contribution < -0.4 is 5.32 Å². The van der Waals surface area contributed by atoms with Gasteiger partial charge in [0.1, 0.15) is 5.82 Å². The van der Waals surface area contributed by atoms with Gasteiger partial charge in [-0.3, -0.25) is 0 Å². The molecular weight excluding hydrogens is 198 g/mol. The van der Waals surface area contributed by atoms with E-state index in [0.29, 0.717) is 6.04 Å². The minimum atomic E-state index is 0.386. The molecule has 2 atom stereocenters. The second-order valence-corrected chi connectivity index (χ2v) is 4.61. The fraction of sp³-hybridized carbons (Fsp3) is 0.769. The number of aromatic nitrogens is 2. The van der Waals surface area contributed by atoms with Crippen molar-refractivity contribution >= 4 is 0 Å². The van der Waals surface area contributed by atoms with Crippen LogP contribution in [0.25, 0.3) is 0 Å². The molecule has 1 aromatic rings. The quantitative estimate of drug-likeness (QED) is 0.710. The van der Waals surface area contributed by atoms with Crippen LogP contribution in [0.15, 0.2) is 12.4 Å². The maximum atomic E-state index is 4.36. The van der Waals surface area contributed by atoms with E-state index >= 15 is 0 Å². The molecule has 0 aromatic carbocycles. The highest BCUT2D eigenvalue weighted by molar-refractivity contribution is 4.96. The van der Waals surface area contributed by atoms with Gasteiger partial charge in [0.15, 0.2) is 0 Å². The molecule has 0 amide bonds. The van der Waals surface area contributed by atoms with E-state index in [1.54, 1.807) is 0 Å². The fourth-order valence-corrected chi connectivity index (χ4v) is 2.09. The Kier molecular flexibility index (Phi) is 6.16. The molecule has 0 saturated heterocycles. The van der Waals surface area contributed by atoms with Gasteiger partial charge >= 0.3 is 0 Å². The summed E-state index contributed by atoms with van der Waals surface area (Å²) in [5.74, 6) is 1.83. The summed E-state index contributed by atoms with van der Waals surface area (Å²) in [5.41, 5.74) is 0. The van der Waals surface area contributed by atoms with Gasteiger partial charge in [0.25, 0.3) is 0 Å². The normalized spacial score (nSPS) is 14.9. The van der Waals surface area contributed by atoms with Gasteiger partial charge in [-0.1, -0.05) is 33.6 Å². The molecule has 1 heterocycles. The summed E-state index contributed by atoms with van der Waals surface area (Å²) in [6.07, 6.45) is 8.63. The zero-order valence-electron chi connectivity index (χ0n) is 10.8. The van der Waals surface area contributed by atoms with Crippen LogP contribution in [0.5, 0.6) is 0 Å². The first kappa shape index (κ1) is 13.2. The van der Waals surface area contributed by atoms with Gasteiger partial charge in [-0.15, -0.1) is 0 Å². The molecule has 0 aliphatic heterocycles. The molecule has 1 rings (SSSR count). The monoisotopic (exact) mass is 223 g/mol. The Hall–Kier alpha value is -0.830. The molecule has 3 heteroatoms. The highest BCUT2D eigenvalue weighted by Gasteiger charge is 2.15. The molecule has 0 fully saturated rings. The lowest BCUT2D eigenvalue weighted by atomic mass is 9.97. The summed E-state index contributed by atoms with van der Waals surface area (Å²) < 4.78 is 0. The molecule has 2 unspecified atom stereocenters. The van der Waals surface area contributed by atoms with Gasteiger partial charge in [-0.05, 0) is 25.3 Å². The zero-order valence-corrected chi connectivity index (χ0v) is 10.8. The lowest BCUT2D eigenvalue weighted by Gasteiger charge is -2.20. The van der Waals surface area contributed by atoms with Crippen LogP contribution in [0.4, 0.5) is 0 Å². The van der Waals surface area contributed by atoms with Crippen molar-refractivity contribution < 1.29 is 0 Å². The van der Waals surface area contributed by atoms with Crippen molar-refractivity contribution in [1.29, 1.82) is 0 Å². The number of rotatable bonds is 8. The molecule has 0 aliphatic rings. The van der Waals surface area contributed by atoms with E-state index in [1.807, 2.05) is 12.4 Å². The van der Waals surface area contributed by atoms with Crippen molar-refractivity contribution in [2.24, 2.45) is 5.92 Å². The first-order chi connectivity index (χ1) is 7.77. The van der Waals surface area contributed by atoms with E-state index in [2.05, 4.69) is 36.1 Å². The number of imidazole rings is 1. The van der Waals surface area contributed by atoms with Crippen LogP contribution >= 0.6 is 0 Å². The first-order valence-corrected chi connectivity index (χ1v) is 6.50. The largest absolute Gasteiger partial charge is 0.347 e. The molecule has 2 N–H and O–H groups in total. The summed E-state index contributed by atoms with van der Waals surface area (Å²) in [6.45, 7) is 7.83. The van der Waals surface area contributed by atoms with Crippen LogP contribution in [0, 0.1) is 5.92 Å². The number of nitrogens with one attached hydrogen (secondary N) is 2. The number of hydrogen-bond donors (Lipinski definition) is 2. The Balaban J connectivity index is 2.50. The lowest BCUT2D eigenvalue weighted by Crippen LogP contribution is -2.25. The Morgan fingerprint density at radius 3 is 2.75 bits per heavy atom. The number of aromatic amines is 1. The average molecular weight is 223 g/mol. The standard InChI is InChI=1S/C13H25N3/c1-4-6-11(3)10-12(14-7-5-2)13-15-8-9-16-13/h8-9,11-12,14H,4-7,10H2,1-3H3,(H,15,16). The minimum absolute atomic E-state index is 0.386. The Morgan fingerprint density at radius 1 is 1.38 bits per heavy atom. The van der Waals surface area contributed by atoms with Crippen molar-refractivity contribution in [3.05, 3.63) is 18.2 Å². The summed E-state index contributed by atoms with van der Waals surface area (Å²) in [4.78, 5) is 7.58. The zero-order chi connectivity index (χ0) is 11.8. The molecule has 3 nitrogen and oxygen atoms in total. The van der Waals surface area contributed by atoms with E-state index in [-0.39, 0.29) is 0 Å². The first-order valence-electron chi connectivity index (χ1n) is 6.50.